The summed E-state index contributed by atoms with van der Waals surface area (Å²) in [4.78, 5) is 4.77. The van der Waals surface area contributed by atoms with Crippen molar-refractivity contribution in [1.82, 2.24) is 0 Å². The molecule has 3 heteroatoms. The van der Waals surface area contributed by atoms with Crippen LogP contribution in [0.3, 0.4) is 0 Å². The molecule has 0 fully saturated rings. The van der Waals surface area contributed by atoms with E-state index in [0.29, 0.717) is 0 Å². The van der Waals surface area contributed by atoms with Gasteiger partial charge < -0.3 is 4.42 Å². The zero-order chi connectivity index (χ0) is 8.48. The third kappa shape index (κ3) is 1.44. The lowest BCUT2D eigenvalue weighted by molar-refractivity contribution is -0.0393. The first-order chi connectivity index (χ1) is 5.08. The van der Waals surface area contributed by atoms with Gasteiger partial charge in [0.15, 0.2) is 0 Å². The summed E-state index contributed by atoms with van der Waals surface area (Å²) >= 11 is 0. The average molecular weight is 155 g/mol. The normalized spacial score (nSPS) is 12.0. The third-order valence-electron chi connectivity index (χ3n) is 1.70. The maximum Gasteiger partial charge on any atom is 0.141 e. The summed E-state index contributed by atoms with van der Waals surface area (Å²) in [7, 11) is 0. The van der Waals surface area contributed by atoms with Crippen LogP contribution in [-0.4, -0.2) is 0 Å². The van der Waals surface area contributed by atoms with E-state index in [9.17, 15) is 0 Å². The molecule has 1 rings (SSSR count). The summed E-state index contributed by atoms with van der Waals surface area (Å²) in [6.07, 6.45) is 1.63. The topological polar surface area (TPSA) is 48.4 Å². The molecule has 1 aromatic heterocycles. The lowest BCUT2D eigenvalue weighted by Crippen LogP contribution is -2.25. The average Bonchev–Trinajstić information content (AvgIpc) is 2.36. The van der Waals surface area contributed by atoms with Crippen molar-refractivity contribution in [1.29, 1.82) is 0 Å². The van der Waals surface area contributed by atoms with Gasteiger partial charge in [0.25, 0.3) is 0 Å². The lowest BCUT2D eigenvalue weighted by atomic mass is 10.0. The highest BCUT2D eigenvalue weighted by Gasteiger charge is 2.25. The highest BCUT2D eigenvalue weighted by molar-refractivity contribution is 5.19. The smallest absolute Gasteiger partial charge is 0.141 e. The first-order valence-corrected chi connectivity index (χ1v) is 3.50. The van der Waals surface area contributed by atoms with Crippen molar-refractivity contribution in [3.05, 3.63) is 23.7 Å². The van der Waals surface area contributed by atoms with E-state index < -0.39 is 5.60 Å². The molecule has 0 radical (unpaired) electrons. The number of nitrogens with two attached hydrogens (primary N) is 1. The van der Waals surface area contributed by atoms with E-state index >= 15 is 0 Å². The summed E-state index contributed by atoms with van der Waals surface area (Å²) < 4.78 is 5.21. The Morgan fingerprint density at radius 1 is 1.55 bits per heavy atom. The molecule has 1 heterocycles. The molecule has 0 bridgehead atoms. The largest absolute Gasteiger partial charge is 0.466 e. The van der Waals surface area contributed by atoms with Crippen molar-refractivity contribution in [2.75, 3.05) is 0 Å². The molecule has 0 amide bonds. The first kappa shape index (κ1) is 8.30. The quantitative estimate of drug-likeness (QED) is 0.661. The molecular formula is C8H13NO2. The Labute approximate surface area is 66.1 Å². The molecule has 62 valence electrons. The Hall–Kier alpha value is -0.800. The number of hydrogen-bond acceptors (Lipinski definition) is 3. The van der Waals surface area contributed by atoms with E-state index in [0.717, 1.165) is 11.3 Å². The minimum absolute atomic E-state index is 0.534. The van der Waals surface area contributed by atoms with Crippen molar-refractivity contribution >= 4 is 0 Å². The van der Waals surface area contributed by atoms with Gasteiger partial charge in [-0.15, -0.1) is 0 Å². The van der Waals surface area contributed by atoms with Crippen LogP contribution in [0.2, 0.25) is 0 Å². The minimum Gasteiger partial charge on any atom is -0.466 e. The molecular weight excluding hydrogens is 142 g/mol. The molecule has 1 aromatic rings. The van der Waals surface area contributed by atoms with Gasteiger partial charge in [-0.3, -0.25) is 4.84 Å². The summed E-state index contributed by atoms with van der Waals surface area (Å²) in [5.74, 6) is 5.88. The Balaban J connectivity index is 3.00. The predicted octanol–water partition coefficient (Wildman–Crippen LogP) is 1.71. The highest BCUT2D eigenvalue weighted by Crippen LogP contribution is 2.26. The fourth-order valence-corrected chi connectivity index (χ4v) is 1.04. The zero-order valence-electron chi connectivity index (χ0n) is 7.05. The van der Waals surface area contributed by atoms with Crippen LogP contribution in [0.25, 0.3) is 0 Å². The molecule has 3 nitrogen and oxygen atoms in total. The summed E-state index contributed by atoms with van der Waals surface area (Å²) in [5, 5.41) is 0. The Kier molecular flexibility index (Phi) is 2.02. The van der Waals surface area contributed by atoms with Crippen LogP contribution >= 0.6 is 0 Å². The van der Waals surface area contributed by atoms with Gasteiger partial charge in [0.05, 0.1) is 6.26 Å². The van der Waals surface area contributed by atoms with Gasteiger partial charge >= 0.3 is 0 Å². The Morgan fingerprint density at radius 2 is 2.18 bits per heavy atom. The maximum absolute atomic E-state index is 5.21. The molecule has 0 saturated carbocycles. The van der Waals surface area contributed by atoms with E-state index in [1.54, 1.807) is 6.26 Å². The molecule has 11 heavy (non-hydrogen) atoms. The van der Waals surface area contributed by atoms with Gasteiger partial charge in [-0.2, -0.15) is 0 Å². The zero-order valence-corrected chi connectivity index (χ0v) is 7.05. The fourth-order valence-electron chi connectivity index (χ4n) is 1.04. The van der Waals surface area contributed by atoms with Crippen molar-refractivity contribution in [2.45, 2.75) is 26.4 Å². The number of rotatable bonds is 2. The van der Waals surface area contributed by atoms with Gasteiger partial charge in [0.1, 0.15) is 11.4 Å². The molecule has 0 spiro atoms. The molecule has 2 N–H and O–H groups in total. The number of furan rings is 1. The van der Waals surface area contributed by atoms with E-state index in [4.69, 9.17) is 15.2 Å². The minimum atomic E-state index is -0.534. The highest BCUT2D eigenvalue weighted by atomic mass is 16.6. The molecule has 0 aliphatic heterocycles. The van der Waals surface area contributed by atoms with E-state index in [-0.39, 0.29) is 0 Å². The Morgan fingerprint density at radius 3 is 2.55 bits per heavy atom. The third-order valence-corrected chi connectivity index (χ3v) is 1.70. The second-order valence-electron chi connectivity index (χ2n) is 3.06. The van der Waals surface area contributed by atoms with Crippen molar-refractivity contribution < 1.29 is 9.25 Å². The molecule has 0 aromatic carbocycles. The van der Waals surface area contributed by atoms with Crippen LogP contribution < -0.4 is 5.90 Å². The SMILES string of the molecule is Cc1ccoc1C(C)(C)ON. The summed E-state index contributed by atoms with van der Waals surface area (Å²) in [6.45, 7) is 5.68. The second kappa shape index (κ2) is 2.68. The van der Waals surface area contributed by atoms with E-state index in [1.165, 1.54) is 0 Å². The molecule has 0 aliphatic carbocycles. The maximum atomic E-state index is 5.21. The Bertz CT molecular complexity index is 240. The monoisotopic (exact) mass is 155 g/mol. The fraction of sp³-hybridized carbons (Fsp3) is 0.500. The first-order valence-electron chi connectivity index (χ1n) is 3.50. The van der Waals surface area contributed by atoms with Crippen LogP contribution in [0.4, 0.5) is 0 Å². The molecule has 0 atom stereocenters. The van der Waals surface area contributed by atoms with Crippen LogP contribution in [0.1, 0.15) is 25.2 Å². The summed E-state index contributed by atoms with van der Waals surface area (Å²) in [6, 6.07) is 1.89. The molecule has 0 unspecified atom stereocenters. The predicted molar refractivity (Wildman–Crippen MR) is 41.7 cm³/mol. The number of hydrogen-bond donors (Lipinski definition) is 1. The molecule has 0 saturated heterocycles. The lowest BCUT2D eigenvalue weighted by Gasteiger charge is -2.19. The second-order valence-corrected chi connectivity index (χ2v) is 3.06. The van der Waals surface area contributed by atoms with Crippen molar-refractivity contribution in [2.24, 2.45) is 5.90 Å². The van der Waals surface area contributed by atoms with Crippen molar-refractivity contribution in [3.8, 4) is 0 Å². The molecule has 0 aliphatic rings. The van der Waals surface area contributed by atoms with Gasteiger partial charge in [0, 0.05) is 0 Å². The van der Waals surface area contributed by atoms with Crippen LogP contribution in [0.5, 0.6) is 0 Å². The van der Waals surface area contributed by atoms with Crippen LogP contribution in [-0.2, 0) is 10.4 Å². The van der Waals surface area contributed by atoms with Gasteiger partial charge in [-0.25, -0.2) is 5.90 Å². The van der Waals surface area contributed by atoms with Gasteiger partial charge in [0.2, 0.25) is 0 Å². The van der Waals surface area contributed by atoms with Crippen LogP contribution in [0, 0.1) is 6.92 Å². The standard InChI is InChI=1S/C8H13NO2/c1-6-4-5-10-7(6)8(2,3)11-9/h4-5H,9H2,1-3H3. The number of aryl methyl sites for hydroxylation is 1. The van der Waals surface area contributed by atoms with Gasteiger partial charge in [-0.05, 0) is 32.4 Å². The van der Waals surface area contributed by atoms with E-state index in [2.05, 4.69) is 0 Å². The van der Waals surface area contributed by atoms with Gasteiger partial charge in [-0.1, -0.05) is 0 Å². The van der Waals surface area contributed by atoms with E-state index in [1.807, 2.05) is 26.8 Å². The van der Waals surface area contributed by atoms with Crippen LogP contribution in [0.15, 0.2) is 16.7 Å². The van der Waals surface area contributed by atoms with Crippen molar-refractivity contribution in [3.63, 3.8) is 0 Å². The summed E-state index contributed by atoms with van der Waals surface area (Å²) in [5.41, 5.74) is 0.522.